The van der Waals surface area contributed by atoms with Crippen molar-refractivity contribution in [3.63, 3.8) is 0 Å². The van der Waals surface area contributed by atoms with Gasteiger partial charge in [0.1, 0.15) is 11.9 Å². The van der Waals surface area contributed by atoms with Crippen LogP contribution in [-0.2, 0) is 9.53 Å². The molecular formula is C26H34O2. The van der Waals surface area contributed by atoms with Crippen molar-refractivity contribution in [3.8, 4) is 11.8 Å². The van der Waals surface area contributed by atoms with Crippen LogP contribution in [-0.4, -0.2) is 18.5 Å². The third-order valence-electron chi connectivity index (χ3n) is 7.84. The Labute approximate surface area is 170 Å². The van der Waals surface area contributed by atoms with Crippen molar-refractivity contribution in [2.45, 2.75) is 71.3 Å². The zero-order valence-electron chi connectivity index (χ0n) is 17.5. The minimum Gasteiger partial charge on any atom is -0.364 e. The maximum Gasteiger partial charge on any atom is 0.139 e. The molecule has 5 atom stereocenters. The van der Waals surface area contributed by atoms with Crippen LogP contribution in [0.3, 0.4) is 0 Å². The van der Waals surface area contributed by atoms with E-state index in [1.165, 1.54) is 19.3 Å². The summed E-state index contributed by atoms with van der Waals surface area (Å²) in [5, 5.41) is 0. The van der Waals surface area contributed by atoms with Crippen LogP contribution in [0.25, 0.3) is 0 Å². The van der Waals surface area contributed by atoms with Gasteiger partial charge in [0.25, 0.3) is 0 Å². The summed E-state index contributed by atoms with van der Waals surface area (Å²) in [7, 11) is 0. The number of Topliss-reactive ketones (excluding diaryl/α,β-unsaturated/α-hetero) is 1. The van der Waals surface area contributed by atoms with Crippen molar-refractivity contribution in [1.82, 2.24) is 0 Å². The van der Waals surface area contributed by atoms with Gasteiger partial charge in [-0.25, -0.2) is 0 Å². The number of ketones is 1. The molecule has 2 heteroatoms. The van der Waals surface area contributed by atoms with Crippen LogP contribution in [0.1, 0.15) is 70.8 Å². The zero-order valence-corrected chi connectivity index (χ0v) is 17.5. The van der Waals surface area contributed by atoms with Gasteiger partial charge in [0.15, 0.2) is 0 Å². The topological polar surface area (TPSA) is 26.3 Å². The van der Waals surface area contributed by atoms with E-state index in [2.05, 4.69) is 25.7 Å². The highest BCUT2D eigenvalue weighted by atomic mass is 16.5. The number of ether oxygens (including phenoxy) is 1. The lowest BCUT2D eigenvalue weighted by molar-refractivity contribution is -0.137. The number of carbonyl (C=O) groups excluding carboxylic acids is 1. The standard InChI is InChI=1S/C26H34O2/c1-26(2)21-15-14-20(23(26)17-21)18-28-25(16-13-19-9-5-3-6-10-19)22-11-7-4-8-12-24(22)27/h3,5-6,9-10,20-23,25H,4,7-8,11-12,14-15,17-18H2,1-2H3/t20-,21+,22+,23+,25-/m0/s1. The van der Waals surface area contributed by atoms with Crippen molar-refractivity contribution in [3.05, 3.63) is 35.9 Å². The average Bonchev–Trinajstić information content (AvgIpc) is 2.93. The Balaban J connectivity index is 1.48. The summed E-state index contributed by atoms with van der Waals surface area (Å²) < 4.78 is 6.46. The van der Waals surface area contributed by atoms with Crippen LogP contribution in [0.4, 0.5) is 0 Å². The third kappa shape index (κ3) is 4.06. The van der Waals surface area contributed by atoms with Crippen LogP contribution in [0.5, 0.6) is 0 Å². The lowest BCUT2D eigenvalue weighted by atomic mass is 9.46. The van der Waals surface area contributed by atoms with E-state index in [1.54, 1.807) is 0 Å². The van der Waals surface area contributed by atoms with Crippen LogP contribution in [0.2, 0.25) is 0 Å². The molecule has 0 amide bonds. The Morgan fingerprint density at radius 2 is 1.93 bits per heavy atom. The molecule has 0 saturated heterocycles. The van der Waals surface area contributed by atoms with Crippen molar-refractivity contribution in [1.29, 1.82) is 0 Å². The highest BCUT2D eigenvalue weighted by Crippen LogP contribution is 2.61. The smallest absolute Gasteiger partial charge is 0.139 e. The summed E-state index contributed by atoms with van der Waals surface area (Å²) in [6.07, 6.45) is 8.62. The van der Waals surface area contributed by atoms with E-state index in [0.29, 0.717) is 23.5 Å². The minimum absolute atomic E-state index is 0.0514. The monoisotopic (exact) mass is 378 g/mol. The number of carbonyl (C=O) groups is 1. The van der Waals surface area contributed by atoms with Gasteiger partial charge >= 0.3 is 0 Å². The van der Waals surface area contributed by atoms with Gasteiger partial charge in [-0.15, -0.1) is 0 Å². The summed E-state index contributed by atoms with van der Waals surface area (Å²) >= 11 is 0. The Kier molecular flexibility index (Phi) is 5.93. The highest BCUT2D eigenvalue weighted by Gasteiger charge is 2.54. The molecule has 4 aliphatic rings. The summed E-state index contributed by atoms with van der Waals surface area (Å²) in [5.41, 5.74) is 1.47. The Hall–Kier alpha value is -1.59. The first-order valence-corrected chi connectivity index (χ1v) is 11.3. The maximum atomic E-state index is 12.7. The molecule has 0 heterocycles. The van der Waals surface area contributed by atoms with Gasteiger partial charge in [-0.1, -0.05) is 56.7 Å². The van der Waals surface area contributed by atoms with Crippen LogP contribution in [0.15, 0.2) is 30.3 Å². The van der Waals surface area contributed by atoms with E-state index < -0.39 is 0 Å². The van der Waals surface area contributed by atoms with Gasteiger partial charge in [0, 0.05) is 12.0 Å². The van der Waals surface area contributed by atoms with Gasteiger partial charge in [-0.05, 0) is 67.4 Å². The van der Waals surface area contributed by atoms with E-state index >= 15 is 0 Å². The van der Waals surface area contributed by atoms with Gasteiger partial charge in [-0.2, -0.15) is 0 Å². The highest BCUT2D eigenvalue weighted by molar-refractivity contribution is 5.82. The fourth-order valence-electron chi connectivity index (χ4n) is 5.83. The molecule has 2 nitrogen and oxygen atoms in total. The molecule has 28 heavy (non-hydrogen) atoms. The summed E-state index contributed by atoms with van der Waals surface area (Å²) in [5.74, 6) is 9.26. The molecule has 0 spiro atoms. The molecule has 0 unspecified atom stereocenters. The first kappa shape index (κ1) is 19.7. The molecule has 0 N–H and O–H groups in total. The molecular weight excluding hydrogens is 344 g/mol. The summed E-state index contributed by atoms with van der Waals surface area (Å²) in [6, 6.07) is 10.1. The largest absolute Gasteiger partial charge is 0.364 e. The Morgan fingerprint density at radius 3 is 2.68 bits per heavy atom. The fraction of sp³-hybridized carbons (Fsp3) is 0.654. The maximum absolute atomic E-state index is 12.7. The van der Waals surface area contributed by atoms with Crippen LogP contribution >= 0.6 is 0 Å². The van der Waals surface area contributed by atoms with E-state index in [-0.39, 0.29) is 12.0 Å². The van der Waals surface area contributed by atoms with Crippen molar-refractivity contribution >= 4 is 5.78 Å². The molecule has 1 aromatic carbocycles. The molecule has 0 aromatic heterocycles. The number of fused-ring (bicyclic) bond motifs is 2. The second-order valence-corrected chi connectivity index (χ2v) is 9.76. The lowest BCUT2D eigenvalue weighted by Gasteiger charge is -2.60. The first-order valence-electron chi connectivity index (χ1n) is 11.3. The van der Waals surface area contributed by atoms with Gasteiger partial charge in [0.2, 0.25) is 0 Å². The van der Waals surface area contributed by atoms with Gasteiger partial charge < -0.3 is 4.74 Å². The van der Waals surface area contributed by atoms with E-state index in [9.17, 15) is 4.79 Å². The number of benzene rings is 1. The summed E-state index contributed by atoms with van der Waals surface area (Å²) in [6.45, 7) is 5.62. The number of rotatable bonds is 4. The third-order valence-corrected chi connectivity index (χ3v) is 7.84. The SMILES string of the molecule is CC1(C)[C@@H]2CC[C@@H](CO[C@@H](C#Cc3ccccc3)[C@@H]3CCCCCC3=O)[C@H]1C2. The van der Waals surface area contributed by atoms with Crippen molar-refractivity contribution < 1.29 is 9.53 Å². The van der Waals surface area contributed by atoms with E-state index in [1.807, 2.05) is 30.3 Å². The number of hydrogen-bond acceptors (Lipinski definition) is 2. The molecule has 150 valence electrons. The van der Waals surface area contributed by atoms with E-state index in [4.69, 9.17) is 4.74 Å². The summed E-state index contributed by atoms with van der Waals surface area (Å²) in [4.78, 5) is 12.7. The molecule has 4 fully saturated rings. The van der Waals surface area contributed by atoms with E-state index in [0.717, 1.165) is 49.7 Å². The normalized spacial score (nSPS) is 32.4. The van der Waals surface area contributed by atoms with Gasteiger partial charge in [0.05, 0.1) is 12.5 Å². The molecule has 4 saturated carbocycles. The second-order valence-electron chi connectivity index (χ2n) is 9.76. The van der Waals surface area contributed by atoms with Crippen LogP contribution < -0.4 is 0 Å². The van der Waals surface area contributed by atoms with Gasteiger partial charge in [-0.3, -0.25) is 4.79 Å². The van der Waals surface area contributed by atoms with Crippen molar-refractivity contribution in [2.24, 2.45) is 29.1 Å². The fourth-order valence-corrected chi connectivity index (χ4v) is 5.83. The molecule has 0 radical (unpaired) electrons. The zero-order chi connectivity index (χ0) is 19.6. The van der Waals surface area contributed by atoms with Crippen LogP contribution in [0, 0.1) is 40.9 Å². The average molecular weight is 379 g/mol. The molecule has 0 aliphatic heterocycles. The molecule has 5 rings (SSSR count). The first-order chi connectivity index (χ1) is 13.6. The second kappa shape index (κ2) is 8.42. The predicted octanol–water partition coefficient (Wildman–Crippen LogP) is 5.65. The molecule has 2 bridgehead atoms. The Morgan fingerprint density at radius 1 is 1.11 bits per heavy atom. The quantitative estimate of drug-likeness (QED) is 0.500. The lowest BCUT2D eigenvalue weighted by Crippen LogP contribution is -2.53. The number of hydrogen-bond donors (Lipinski definition) is 0. The Bertz CT molecular complexity index is 737. The minimum atomic E-state index is -0.258. The van der Waals surface area contributed by atoms with Crippen molar-refractivity contribution in [2.75, 3.05) is 6.61 Å². The molecule has 4 aliphatic carbocycles. The molecule has 1 aromatic rings. The predicted molar refractivity (Wildman–Crippen MR) is 113 cm³/mol.